The maximum Gasteiger partial charge on any atom is 0.269 e. The second kappa shape index (κ2) is 5.68. The highest BCUT2D eigenvalue weighted by atomic mass is 35.5. The monoisotopic (exact) mass is 373 g/mol. The van der Waals surface area contributed by atoms with E-state index in [0.29, 0.717) is 16.6 Å². The number of nitrogens with zero attached hydrogens (tertiary/aromatic N) is 5. The molecule has 0 aliphatic carbocycles. The molecule has 0 N–H and O–H groups in total. The minimum absolute atomic E-state index is 0.160. The number of aryl methyl sites for hydroxylation is 1. The van der Waals surface area contributed by atoms with Gasteiger partial charge in [0, 0.05) is 18.8 Å². The molecule has 0 radical (unpaired) electrons. The van der Waals surface area contributed by atoms with Crippen molar-refractivity contribution in [1.82, 2.24) is 23.7 Å². The summed E-state index contributed by atoms with van der Waals surface area (Å²) < 4.78 is 29.3. The Kier molecular flexibility index (Phi) is 3.59. The summed E-state index contributed by atoms with van der Waals surface area (Å²) in [5.74, 6) is 0. The maximum absolute atomic E-state index is 13.3. The van der Waals surface area contributed by atoms with E-state index in [0.717, 1.165) is 0 Å². The molecule has 0 spiro atoms. The fourth-order valence-electron chi connectivity index (χ4n) is 2.66. The molecule has 3 heterocycles. The first-order valence-electron chi connectivity index (χ1n) is 7.30. The van der Waals surface area contributed by atoms with Gasteiger partial charge in [0.2, 0.25) is 0 Å². The second-order valence-electron chi connectivity index (χ2n) is 5.42. The summed E-state index contributed by atoms with van der Waals surface area (Å²) in [7, 11) is -2.12. The zero-order valence-electron chi connectivity index (χ0n) is 13.0. The molecule has 3 aromatic heterocycles. The van der Waals surface area contributed by atoms with Crippen LogP contribution in [0.5, 0.6) is 0 Å². The van der Waals surface area contributed by atoms with E-state index in [1.54, 1.807) is 48.4 Å². The fraction of sp³-hybridized carbons (Fsp3) is 0.0625. The summed E-state index contributed by atoms with van der Waals surface area (Å²) in [6.45, 7) is 0. The number of hydrogen-bond donors (Lipinski definition) is 0. The van der Waals surface area contributed by atoms with Crippen LogP contribution >= 0.6 is 11.6 Å². The van der Waals surface area contributed by atoms with Crippen molar-refractivity contribution < 1.29 is 8.42 Å². The zero-order chi connectivity index (χ0) is 17.6. The minimum Gasteiger partial charge on any atom is -0.275 e. The Morgan fingerprint density at radius 1 is 1.12 bits per heavy atom. The van der Waals surface area contributed by atoms with Gasteiger partial charge in [-0.3, -0.25) is 4.68 Å². The number of halogens is 1. The van der Waals surface area contributed by atoms with Gasteiger partial charge in [-0.2, -0.15) is 5.10 Å². The van der Waals surface area contributed by atoms with Crippen LogP contribution in [0.4, 0.5) is 0 Å². The fourth-order valence-corrected chi connectivity index (χ4v) is 4.34. The van der Waals surface area contributed by atoms with Crippen molar-refractivity contribution in [3.63, 3.8) is 0 Å². The van der Waals surface area contributed by atoms with Crippen LogP contribution in [0.3, 0.4) is 0 Å². The lowest BCUT2D eigenvalue weighted by Crippen LogP contribution is -2.14. The quantitative estimate of drug-likeness (QED) is 0.516. The highest BCUT2D eigenvalue weighted by Gasteiger charge is 2.26. The maximum atomic E-state index is 13.3. The molecule has 0 amide bonds. The Morgan fingerprint density at radius 3 is 2.56 bits per heavy atom. The van der Waals surface area contributed by atoms with Crippen LogP contribution in [0.15, 0.2) is 60.0 Å². The summed E-state index contributed by atoms with van der Waals surface area (Å²) >= 11 is 6.15. The number of rotatable bonds is 3. The van der Waals surface area contributed by atoms with Gasteiger partial charge in [-0.25, -0.2) is 22.4 Å². The molecule has 4 rings (SSSR count). The molecule has 0 saturated carbocycles. The van der Waals surface area contributed by atoms with Gasteiger partial charge in [0.15, 0.2) is 5.65 Å². The summed E-state index contributed by atoms with van der Waals surface area (Å²) in [6, 6.07) is 9.84. The molecule has 0 bridgehead atoms. The average Bonchev–Trinajstić information content (AvgIpc) is 3.20. The highest BCUT2D eigenvalue weighted by molar-refractivity contribution is 7.90. The number of benzene rings is 1. The Balaban J connectivity index is 2.10. The molecule has 126 valence electrons. The minimum atomic E-state index is -3.88. The topological polar surface area (TPSA) is 82.7 Å². The van der Waals surface area contributed by atoms with Gasteiger partial charge in [0.25, 0.3) is 10.0 Å². The van der Waals surface area contributed by atoms with Crippen LogP contribution in [-0.2, 0) is 17.1 Å². The molecule has 7 nitrogen and oxygen atoms in total. The van der Waals surface area contributed by atoms with Gasteiger partial charge in [-0.1, -0.05) is 29.8 Å². The molecule has 0 atom stereocenters. The molecule has 0 fully saturated rings. The number of fused-ring (bicyclic) bond motifs is 1. The Hall–Kier alpha value is -2.71. The van der Waals surface area contributed by atoms with Crippen molar-refractivity contribution in [2.75, 3.05) is 0 Å². The van der Waals surface area contributed by atoms with E-state index >= 15 is 0 Å². The van der Waals surface area contributed by atoms with Gasteiger partial charge >= 0.3 is 0 Å². The van der Waals surface area contributed by atoms with E-state index in [2.05, 4.69) is 15.1 Å². The lowest BCUT2D eigenvalue weighted by Gasteiger charge is -2.10. The third-order valence-electron chi connectivity index (χ3n) is 3.79. The molecule has 0 aliphatic rings. The third-order valence-corrected chi connectivity index (χ3v) is 5.81. The van der Waals surface area contributed by atoms with Crippen LogP contribution in [0.25, 0.3) is 22.3 Å². The highest BCUT2D eigenvalue weighted by Crippen LogP contribution is 2.33. The second-order valence-corrected chi connectivity index (χ2v) is 7.56. The Bertz CT molecular complexity index is 1180. The molecular formula is C16H12ClN5O2S. The lowest BCUT2D eigenvalue weighted by atomic mass is 10.2. The van der Waals surface area contributed by atoms with E-state index in [-0.39, 0.29) is 15.7 Å². The lowest BCUT2D eigenvalue weighted by molar-refractivity contribution is 0.589. The van der Waals surface area contributed by atoms with E-state index in [4.69, 9.17) is 11.6 Å². The van der Waals surface area contributed by atoms with Gasteiger partial charge in [-0.05, 0) is 18.2 Å². The third kappa shape index (κ3) is 2.50. The van der Waals surface area contributed by atoms with Crippen molar-refractivity contribution in [1.29, 1.82) is 0 Å². The van der Waals surface area contributed by atoms with Crippen LogP contribution in [0.2, 0.25) is 5.15 Å². The largest absolute Gasteiger partial charge is 0.275 e. The smallest absolute Gasteiger partial charge is 0.269 e. The van der Waals surface area contributed by atoms with E-state index < -0.39 is 10.0 Å². The zero-order valence-corrected chi connectivity index (χ0v) is 14.6. The summed E-state index contributed by atoms with van der Waals surface area (Å²) in [4.78, 5) is 8.25. The predicted octanol–water partition coefficient (Wildman–Crippen LogP) is 2.72. The molecule has 0 saturated heterocycles. The first kappa shape index (κ1) is 15.8. The normalized spacial score (nSPS) is 11.9. The Labute approximate surface area is 148 Å². The standard InChI is InChI=1S/C16H12ClN5O2S/c1-21-9-11(8-20-21)14-7-13-15(17)18-10-19-16(13)22(14)25(23,24)12-5-3-2-4-6-12/h2-10H,1H3. The van der Waals surface area contributed by atoms with E-state index in [9.17, 15) is 8.42 Å². The molecule has 4 aromatic rings. The molecule has 0 unspecified atom stereocenters. The van der Waals surface area contributed by atoms with Crippen LogP contribution in [0, 0.1) is 0 Å². The SMILES string of the molecule is Cn1cc(-c2cc3c(Cl)ncnc3n2S(=O)(=O)c2ccccc2)cn1. The van der Waals surface area contributed by atoms with Gasteiger partial charge in [0.1, 0.15) is 11.5 Å². The van der Waals surface area contributed by atoms with Crippen LogP contribution in [-0.4, -0.2) is 32.1 Å². The predicted molar refractivity (Wildman–Crippen MR) is 93.8 cm³/mol. The van der Waals surface area contributed by atoms with Crippen molar-refractivity contribution in [3.05, 3.63) is 60.3 Å². The van der Waals surface area contributed by atoms with Crippen molar-refractivity contribution >= 4 is 32.7 Å². The molecule has 25 heavy (non-hydrogen) atoms. The summed E-state index contributed by atoms with van der Waals surface area (Å²) in [5, 5.41) is 4.77. The van der Waals surface area contributed by atoms with Gasteiger partial charge in [-0.15, -0.1) is 0 Å². The van der Waals surface area contributed by atoms with Gasteiger partial charge in [0.05, 0.1) is 22.2 Å². The molecular weight excluding hydrogens is 362 g/mol. The van der Waals surface area contributed by atoms with Crippen molar-refractivity contribution in [2.45, 2.75) is 4.90 Å². The Morgan fingerprint density at radius 2 is 1.88 bits per heavy atom. The molecule has 1 aromatic carbocycles. The number of hydrogen-bond acceptors (Lipinski definition) is 5. The summed E-state index contributed by atoms with van der Waals surface area (Å²) in [5.41, 5.74) is 1.29. The van der Waals surface area contributed by atoms with E-state index in [1.165, 1.54) is 22.4 Å². The van der Waals surface area contributed by atoms with Crippen LogP contribution < -0.4 is 0 Å². The first-order chi connectivity index (χ1) is 12.0. The van der Waals surface area contributed by atoms with Crippen molar-refractivity contribution in [3.8, 4) is 11.3 Å². The van der Waals surface area contributed by atoms with Crippen molar-refractivity contribution in [2.24, 2.45) is 7.05 Å². The van der Waals surface area contributed by atoms with Gasteiger partial charge < -0.3 is 0 Å². The van der Waals surface area contributed by atoms with Crippen LogP contribution in [0.1, 0.15) is 0 Å². The first-order valence-corrected chi connectivity index (χ1v) is 9.12. The molecule has 9 heteroatoms. The van der Waals surface area contributed by atoms with E-state index in [1.807, 2.05) is 0 Å². The number of aromatic nitrogens is 5. The molecule has 0 aliphatic heterocycles. The summed E-state index contributed by atoms with van der Waals surface area (Å²) in [6.07, 6.45) is 4.56. The average molecular weight is 374 g/mol.